The lowest BCUT2D eigenvalue weighted by atomic mass is 10.0. The number of nitrogens with zero attached hydrogens (tertiary/aromatic N) is 1. The van der Waals surface area contributed by atoms with Crippen LogP contribution in [0, 0.1) is 0 Å². The standard InChI is InChI=1S/C20H21BrN2O3/c1-26-18-8-7-15(13-17(18)21)20(25)23-11-9-16(10-12-23)22-19(24)14-5-3-2-4-6-14/h2-8,13,16H,9-12H2,1H3,(H,22,24). The Hall–Kier alpha value is -2.34. The number of halogens is 1. The van der Waals surface area contributed by atoms with Gasteiger partial charge >= 0.3 is 0 Å². The van der Waals surface area contributed by atoms with Crippen LogP contribution in [0.3, 0.4) is 0 Å². The molecule has 0 aromatic heterocycles. The van der Waals surface area contributed by atoms with Gasteiger partial charge in [0.1, 0.15) is 5.75 Å². The fourth-order valence-corrected chi connectivity index (χ4v) is 3.61. The van der Waals surface area contributed by atoms with Gasteiger partial charge in [0.05, 0.1) is 11.6 Å². The lowest BCUT2D eigenvalue weighted by molar-refractivity contribution is 0.0698. The van der Waals surface area contributed by atoms with Gasteiger partial charge in [-0.25, -0.2) is 0 Å². The third kappa shape index (κ3) is 4.25. The number of rotatable bonds is 4. The average Bonchev–Trinajstić information content (AvgIpc) is 2.68. The van der Waals surface area contributed by atoms with Crippen LogP contribution in [0.15, 0.2) is 53.0 Å². The van der Waals surface area contributed by atoms with E-state index < -0.39 is 0 Å². The first-order valence-electron chi connectivity index (χ1n) is 8.57. The van der Waals surface area contributed by atoms with E-state index in [2.05, 4.69) is 21.2 Å². The molecular formula is C20H21BrN2O3. The number of piperidine rings is 1. The molecule has 2 aromatic rings. The van der Waals surface area contributed by atoms with E-state index in [-0.39, 0.29) is 17.9 Å². The molecule has 1 N–H and O–H groups in total. The van der Waals surface area contributed by atoms with Crippen LogP contribution in [0.4, 0.5) is 0 Å². The van der Waals surface area contributed by atoms with E-state index in [1.807, 2.05) is 23.1 Å². The summed E-state index contributed by atoms with van der Waals surface area (Å²) < 4.78 is 5.96. The van der Waals surface area contributed by atoms with Crippen molar-refractivity contribution in [2.24, 2.45) is 0 Å². The molecule has 0 radical (unpaired) electrons. The van der Waals surface area contributed by atoms with Crippen molar-refractivity contribution in [2.75, 3.05) is 20.2 Å². The van der Waals surface area contributed by atoms with Crippen molar-refractivity contribution in [1.29, 1.82) is 0 Å². The second kappa shape index (κ2) is 8.36. The van der Waals surface area contributed by atoms with E-state index in [0.717, 1.165) is 17.3 Å². The van der Waals surface area contributed by atoms with Gasteiger partial charge < -0.3 is 15.0 Å². The minimum Gasteiger partial charge on any atom is -0.496 e. The number of carbonyl (C=O) groups is 2. The SMILES string of the molecule is COc1ccc(C(=O)N2CCC(NC(=O)c3ccccc3)CC2)cc1Br. The van der Waals surface area contributed by atoms with Gasteiger partial charge in [-0.3, -0.25) is 9.59 Å². The van der Waals surface area contributed by atoms with Crippen molar-refractivity contribution >= 4 is 27.7 Å². The molecule has 1 aliphatic rings. The highest BCUT2D eigenvalue weighted by Gasteiger charge is 2.25. The first kappa shape index (κ1) is 18.5. The lowest BCUT2D eigenvalue weighted by Gasteiger charge is -2.32. The summed E-state index contributed by atoms with van der Waals surface area (Å²) in [5, 5.41) is 3.06. The molecule has 5 nitrogen and oxygen atoms in total. The highest BCUT2D eigenvalue weighted by Crippen LogP contribution is 2.26. The van der Waals surface area contributed by atoms with Gasteiger partial charge in [0.25, 0.3) is 11.8 Å². The predicted octanol–water partition coefficient (Wildman–Crippen LogP) is 3.49. The summed E-state index contributed by atoms with van der Waals surface area (Å²) >= 11 is 3.42. The number of likely N-dealkylation sites (tertiary alicyclic amines) is 1. The van der Waals surface area contributed by atoms with Crippen molar-refractivity contribution in [3.63, 3.8) is 0 Å². The normalized spacial score (nSPS) is 14.8. The van der Waals surface area contributed by atoms with Gasteiger partial charge in [-0.15, -0.1) is 0 Å². The van der Waals surface area contributed by atoms with Gasteiger partial charge in [0.15, 0.2) is 0 Å². The van der Waals surface area contributed by atoms with Crippen LogP contribution >= 0.6 is 15.9 Å². The Labute approximate surface area is 161 Å². The van der Waals surface area contributed by atoms with Crippen LogP contribution in [0.2, 0.25) is 0 Å². The molecular weight excluding hydrogens is 396 g/mol. The number of carbonyl (C=O) groups excluding carboxylic acids is 2. The van der Waals surface area contributed by atoms with Gasteiger partial charge in [-0.05, 0) is 59.1 Å². The Morgan fingerprint density at radius 3 is 2.38 bits per heavy atom. The van der Waals surface area contributed by atoms with Crippen LogP contribution in [0.5, 0.6) is 5.75 Å². The molecule has 3 rings (SSSR count). The fourth-order valence-electron chi connectivity index (χ4n) is 3.07. The summed E-state index contributed by atoms with van der Waals surface area (Å²) in [7, 11) is 1.59. The number of hydrogen-bond acceptors (Lipinski definition) is 3. The second-order valence-corrected chi connectivity index (χ2v) is 7.11. The van der Waals surface area contributed by atoms with Gasteiger partial charge in [0, 0.05) is 30.3 Å². The smallest absolute Gasteiger partial charge is 0.253 e. The molecule has 6 heteroatoms. The quantitative estimate of drug-likeness (QED) is 0.829. The molecule has 2 amide bonds. The zero-order chi connectivity index (χ0) is 18.5. The summed E-state index contributed by atoms with van der Waals surface area (Å²) in [6.07, 6.45) is 1.50. The summed E-state index contributed by atoms with van der Waals surface area (Å²) in [6, 6.07) is 14.6. The topological polar surface area (TPSA) is 58.6 Å². The third-order valence-electron chi connectivity index (χ3n) is 4.55. The Balaban J connectivity index is 1.55. The minimum atomic E-state index is -0.0607. The van der Waals surface area contributed by atoms with Crippen molar-refractivity contribution in [2.45, 2.75) is 18.9 Å². The zero-order valence-electron chi connectivity index (χ0n) is 14.6. The average molecular weight is 417 g/mol. The van der Waals surface area contributed by atoms with E-state index >= 15 is 0 Å². The Kier molecular flexibility index (Phi) is 5.93. The molecule has 0 atom stereocenters. The molecule has 0 spiro atoms. The number of benzene rings is 2. The summed E-state index contributed by atoms with van der Waals surface area (Å²) in [4.78, 5) is 26.8. The van der Waals surface area contributed by atoms with Crippen LogP contribution in [0.25, 0.3) is 0 Å². The first-order chi connectivity index (χ1) is 12.6. The number of hydrogen-bond donors (Lipinski definition) is 1. The van der Waals surface area contributed by atoms with E-state index in [1.165, 1.54) is 0 Å². The summed E-state index contributed by atoms with van der Waals surface area (Å²) in [5.74, 6) is 0.638. The summed E-state index contributed by atoms with van der Waals surface area (Å²) in [5.41, 5.74) is 1.29. The molecule has 0 aliphatic carbocycles. The Bertz CT molecular complexity index is 787. The third-order valence-corrected chi connectivity index (χ3v) is 5.17. The van der Waals surface area contributed by atoms with Gasteiger partial charge in [-0.1, -0.05) is 18.2 Å². The molecule has 2 aromatic carbocycles. The molecule has 0 saturated carbocycles. The van der Waals surface area contributed by atoms with Crippen LogP contribution < -0.4 is 10.1 Å². The van der Waals surface area contributed by atoms with E-state index in [1.54, 1.807) is 37.4 Å². The van der Waals surface area contributed by atoms with Crippen LogP contribution in [0.1, 0.15) is 33.6 Å². The molecule has 1 fully saturated rings. The summed E-state index contributed by atoms with van der Waals surface area (Å²) in [6.45, 7) is 1.25. The number of ether oxygens (including phenoxy) is 1. The van der Waals surface area contributed by atoms with Crippen LogP contribution in [-0.2, 0) is 0 Å². The predicted molar refractivity (Wildman–Crippen MR) is 104 cm³/mol. The maximum absolute atomic E-state index is 12.7. The van der Waals surface area contributed by atoms with Gasteiger partial charge in [0.2, 0.25) is 0 Å². The van der Waals surface area contributed by atoms with Gasteiger partial charge in [-0.2, -0.15) is 0 Å². The second-order valence-electron chi connectivity index (χ2n) is 6.26. The zero-order valence-corrected chi connectivity index (χ0v) is 16.2. The molecule has 1 saturated heterocycles. The van der Waals surface area contributed by atoms with Crippen molar-refractivity contribution in [3.8, 4) is 5.75 Å². The number of nitrogens with one attached hydrogen (secondary N) is 1. The largest absolute Gasteiger partial charge is 0.496 e. The highest BCUT2D eigenvalue weighted by atomic mass is 79.9. The van der Waals surface area contributed by atoms with Crippen molar-refractivity contribution in [1.82, 2.24) is 10.2 Å². The Morgan fingerprint density at radius 2 is 1.77 bits per heavy atom. The van der Waals surface area contributed by atoms with E-state index in [9.17, 15) is 9.59 Å². The molecule has 136 valence electrons. The van der Waals surface area contributed by atoms with Crippen molar-refractivity contribution < 1.29 is 14.3 Å². The molecule has 0 unspecified atom stereocenters. The Morgan fingerprint density at radius 1 is 1.08 bits per heavy atom. The van der Waals surface area contributed by atoms with E-state index in [4.69, 9.17) is 4.74 Å². The first-order valence-corrected chi connectivity index (χ1v) is 9.36. The number of amides is 2. The lowest BCUT2D eigenvalue weighted by Crippen LogP contribution is -2.46. The molecule has 1 heterocycles. The minimum absolute atomic E-state index is 0.00110. The molecule has 0 bridgehead atoms. The highest BCUT2D eigenvalue weighted by molar-refractivity contribution is 9.10. The molecule has 1 aliphatic heterocycles. The fraction of sp³-hybridized carbons (Fsp3) is 0.300. The van der Waals surface area contributed by atoms with Crippen LogP contribution in [-0.4, -0.2) is 43.0 Å². The van der Waals surface area contributed by atoms with Crippen molar-refractivity contribution in [3.05, 3.63) is 64.1 Å². The monoisotopic (exact) mass is 416 g/mol. The van der Waals surface area contributed by atoms with E-state index in [0.29, 0.717) is 30.0 Å². The molecule has 26 heavy (non-hydrogen) atoms. The maximum Gasteiger partial charge on any atom is 0.253 e. The number of methoxy groups -OCH3 is 1. The maximum atomic E-state index is 12.7.